The number of primary amides is 1. The molecule has 1 aromatic rings. The van der Waals surface area contributed by atoms with Crippen LogP contribution in [0.1, 0.15) is 25.7 Å². The van der Waals surface area contributed by atoms with Gasteiger partial charge in [0.05, 0.1) is 0 Å². The summed E-state index contributed by atoms with van der Waals surface area (Å²) in [4.78, 5) is 10.4. The standard InChI is InChI=1S/C18H22F6N2O5S/c19-17(20,21)9-30-13-5-6-14(31-10-18(22,23)24)15(7-13)32(28,29)26-8-11-1-3-12(4-2-11)16(25)27/h5-7,11-12,26H,1-4,8-10H2,(H2,25,27). The molecule has 2 rings (SSSR count). The third-order valence-electron chi connectivity index (χ3n) is 4.81. The molecule has 0 unspecified atom stereocenters. The first-order chi connectivity index (χ1) is 14.7. The topological polar surface area (TPSA) is 108 Å². The van der Waals surface area contributed by atoms with Gasteiger partial charge in [0, 0.05) is 18.5 Å². The van der Waals surface area contributed by atoms with Crippen LogP contribution in [0.2, 0.25) is 0 Å². The quantitative estimate of drug-likeness (QED) is 0.515. The van der Waals surface area contributed by atoms with Crippen LogP contribution in [-0.2, 0) is 14.8 Å². The summed E-state index contributed by atoms with van der Waals surface area (Å²) in [6.45, 7) is -3.60. The van der Waals surface area contributed by atoms with Gasteiger partial charge in [-0.2, -0.15) is 26.3 Å². The molecule has 1 aliphatic rings. The van der Waals surface area contributed by atoms with Gasteiger partial charge >= 0.3 is 12.4 Å². The molecule has 182 valence electrons. The van der Waals surface area contributed by atoms with Gasteiger partial charge in [0.25, 0.3) is 0 Å². The normalized spacial score (nSPS) is 20.1. The molecule has 1 fully saturated rings. The van der Waals surface area contributed by atoms with E-state index in [1.165, 1.54) is 0 Å². The molecule has 1 amide bonds. The summed E-state index contributed by atoms with van der Waals surface area (Å²) < 4.78 is 111. The summed E-state index contributed by atoms with van der Waals surface area (Å²) in [7, 11) is -4.46. The van der Waals surface area contributed by atoms with Gasteiger partial charge < -0.3 is 15.2 Å². The van der Waals surface area contributed by atoms with E-state index in [0.29, 0.717) is 31.7 Å². The number of ether oxygens (including phenoxy) is 2. The molecule has 1 aliphatic carbocycles. The highest BCUT2D eigenvalue weighted by atomic mass is 32.2. The van der Waals surface area contributed by atoms with Gasteiger partial charge in [0.1, 0.15) is 16.4 Å². The first-order valence-corrected chi connectivity index (χ1v) is 11.0. The Hall–Kier alpha value is -2.22. The predicted molar refractivity (Wildman–Crippen MR) is 99.4 cm³/mol. The van der Waals surface area contributed by atoms with E-state index < -0.39 is 57.9 Å². The zero-order valence-corrected chi connectivity index (χ0v) is 17.4. The molecule has 1 aromatic carbocycles. The van der Waals surface area contributed by atoms with Crippen molar-refractivity contribution in [1.29, 1.82) is 0 Å². The van der Waals surface area contributed by atoms with Crippen molar-refractivity contribution >= 4 is 15.9 Å². The molecule has 0 saturated heterocycles. The highest BCUT2D eigenvalue weighted by Crippen LogP contribution is 2.32. The van der Waals surface area contributed by atoms with Crippen molar-refractivity contribution in [2.45, 2.75) is 42.9 Å². The maximum absolute atomic E-state index is 12.7. The molecular formula is C18H22F6N2O5S. The predicted octanol–water partition coefficient (Wildman–Crippen LogP) is 3.14. The van der Waals surface area contributed by atoms with Gasteiger partial charge in [0.2, 0.25) is 15.9 Å². The second-order valence-corrected chi connectivity index (χ2v) is 9.12. The van der Waals surface area contributed by atoms with Gasteiger partial charge in [-0.05, 0) is 43.7 Å². The number of alkyl halides is 6. The third-order valence-corrected chi connectivity index (χ3v) is 6.25. The smallest absolute Gasteiger partial charge is 0.422 e. The van der Waals surface area contributed by atoms with Crippen LogP contribution in [0.5, 0.6) is 11.5 Å². The zero-order chi connectivity index (χ0) is 24.2. The number of hydrogen-bond acceptors (Lipinski definition) is 5. The lowest BCUT2D eigenvalue weighted by molar-refractivity contribution is -0.154. The van der Waals surface area contributed by atoms with Crippen LogP contribution < -0.4 is 19.9 Å². The second kappa shape index (κ2) is 10.1. The van der Waals surface area contributed by atoms with Crippen molar-refractivity contribution in [1.82, 2.24) is 4.72 Å². The van der Waals surface area contributed by atoms with E-state index in [-0.39, 0.29) is 18.4 Å². The minimum Gasteiger partial charge on any atom is -0.484 e. The Labute approximate surface area is 180 Å². The summed E-state index contributed by atoms with van der Waals surface area (Å²) in [6.07, 6.45) is -7.51. The van der Waals surface area contributed by atoms with Crippen LogP contribution in [0.15, 0.2) is 23.1 Å². The van der Waals surface area contributed by atoms with Crippen molar-refractivity contribution in [2.24, 2.45) is 17.6 Å². The van der Waals surface area contributed by atoms with Crippen LogP contribution in [0.3, 0.4) is 0 Å². The first-order valence-electron chi connectivity index (χ1n) is 9.48. The molecule has 0 aliphatic heterocycles. The fourth-order valence-electron chi connectivity index (χ4n) is 3.19. The average Bonchev–Trinajstić information content (AvgIpc) is 2.68. The minimum atomic E-state index is -4.76. The van der Waals surface area contributed by atoms with E-state index in [0.717, 1.165) is 12.1 Å². The van der Waals surface area contributed by atoms with E-state index in [4.69, 9.17) is 5.73 Å². The van der Waals surface area contributed by atoms with E-state index in [9.17, 15) is 39.6 Å². The summed E-state index contributed by atoms with van der Waals surface area (Å²) >= 11 is 0. The van der Waals surface area contributed by atoms with Crippen molar-refractivity contribution in [3.63, 3.8) is 0 Å². The molecule has 0 heterocycles. The Morgan fingerprint density at radius 2 is 1.56 bits per heavy atom. The van der Waals surface area contributed by atoms with Crippen molar-refractivity contribution < 1.29 is 49.0 Å². The number of amides is 1. The molecule has 0 bridgehead atoms. The van der Waals surface area contributed by atoms with Gasteiger partial charge in [0.15, 0.2) is 13.2 Å². The second-order valence-electron chi connectivity index (χ2n) is 7.39. The summed E-state index contributed by atoms with van der Waals surface area (Å²) in [5, 5.41) is 0. The van der Waals surface area contributed by atoms with Crippen LogP contribution in [0.25, 0.3) is 0 Å². The molecule has 3 N–H and O–H groups in total. The fourth-order valence-corrected chi connectivity index (χ4v) is 4.46. The molecule has 32 heavy (non-hydrogen) atoms. The number of hydrogen-bond donors (Lipinski definition) is 2. The summed E-state index contributed by atoms with van der Waals surface area (Å²) in [5.41, 5.74) is 5.25. The van der Waals surface area contributed by atoms with E-state index in [1.54, 1.807) is 0 Å². The van der Waals surface area contributed by atoms with Gasteiger partial charge in [-0.25, -0.2) is 13.1 Å². The molecule has 0 radical (unpaired) electrons. The Morgan fingerprint density at radius 3 is 2.09 bits per heavy atom. The Kier molecular flexibility index (Phi) is 8.26. The van der Waals surface area contributed by atoms with Crippen molar-refractivity contribution in [2.75, 3.05) is 19.8 Å². The molecule has 1 saturated carbocycles. The van der Waals surface area contributed by atoms with Crippen LogP contribution in [0, 0.1) is 11.8 Å². The molecular weight excluding hydrogens is 470 g/mol. The highest BCUT2D eigenvalue weighted by Gasteiger charge is 2.32. The SMILES string of the molecule is NC(=O)C1CCC(CNS(=O)(=O)c2cc(OCC(F)(F)F)ccc2OCC(F)(F)F)CC1. The molecule has 0 aromatic heterocycles. The Bertz CT molecular complexity index is 896. The van der Waals surface area contributed by atoms with Crippen LogP contribution in [0.4, 0.5) is 26.3 Å². The molecule has 7 nitrogen and oxygen atoms in total. The zero-order valence-electron chi connectivity index (χ0n) is 16.6. The molecule has 0 atom stereocenters. The van der Waals surface area contributed by atoms with Crippen LogP contribution >= 0.6 is 0 Å². The largest absolute Gasteiger partial charge is 0.484 e. The summed E-state index contributed by atoms with van der Waals surface area (Å²) in [5.74, 6) is -2.08. The van der Waals surface area contributed by atoms with E-state index in [2.05, 4.69) is 14.2 Å². The number of carbonyl (C=O) groups is 1. The molecule has 14 heteroatoms. The number of rotatable bonds is 9. The number of carbonyl (C=O) groups excluding carboxylic acids is 1. The van der Waals surface area contributed by atoms with E-state index in [1.807, 2.05) is 0 Å². The number of sulfonamides is 1. The monoisotopic (exact) mass is 492 g/mol. The lowest BCUT2D eigenvalue weighted by atomic mass is 9.82. The number of halogens is 6. The summed E-state index contributed by atoms with van der Waals surface area (Å²) in [6, 6.07) is 2.34. The number of nitrogens with two attached hydrogens (primary N) is 1. The van der Waals surface area contributed by atoms with E-state index >= 15 is 0 Å². The van der Waals surface area contributed by atoms with Crippen LogP contribution in [-0.4, -0.2) is 46.4 Å². The molecule has 0 spiro atoms. The number of nitrogens with one attached hydrogen (secondary N) is 1. The fraction of sp³-hybridized carbons (Fsp3) is 0.611. The minimum absolute atomic E-state index is 0.0832. The average molecular weight is 492 g/mol. The van der Waals surface area contributed by atoms with Crippen molar-refractivity contribution in [3.05, 3.63) is 18.2 Å². The Balaban J connectivity index is 2.16. The van der Waals surface area contributed by atoms with Gasteiger partial charge in [-0.15, -0.1) is 0 Å². The highest BCUT2D eigenvalue weighted by molar-refractivity contribution is 7.89. The third kappa shape index (κ3) is 8.37. The van der Waals surface area contributed by atoms with Crippen molar-refractivity contribution in [3.8, 4) is 11.5 Å². The maximum atomic E-state index is 12.7. The van der Waals surface area contributed by atoms with Gasteiger partial charge in [-0.3, -0.25) is 4.79 Å². The number of benzene rings is 1. The van der Waals surface area contributed by atoms with Gasteiger partial charge in [-0.1, -0.05) is 0 Å². The first kappa shape index (κ1) is 26.0. The lowest BCUT2D eigenvalue weighted by Crippen LogP contribution is -2.34. The Morgan fingerprint density at radius 1 is 1.00 bits per heavy atom. The maximum Gasteiger partial charge on any atom is 0.422 e. The lowest BCUT2D eigenvalue weighted by Gasteiger charge is -2.26.